The van der Waals surface area contributed by atoms with Crippen molar-refractivity contribution < 1.29 is 9.47 Å². The fourth-order valence-electron chi connectivity index (χ4n) is 7.23. The number of hydrogen-bond donors (Lipinski definition) is 0. The molecule has 1 unspecified atom stereocenters. The Morgan fingerprint density at radius 2 is 1.73 bits per heavy atom. The standard InChI is InChI=1S/C20H32O2/c1-7-10-18(5)21-16-12-20-11-15(19(16,6)22-18)17(3,4)14(20)9-8-13(20)2/h7,10,13-16H,8-9,11-12H2,1-6H3/b10-7-/t13-,14+,15-,16+,18?,19-,20-/m1/s1. The lowest BCUT2D eigenvalue weighted by atomic mass is 9.63. The van der Waals surface area contributed by atoms with Crippen LogP contribution >= 0.6 is 0 Å². The topological polar surface area (TPSA) is 18.5 Å². The Kier molecular flexibility index (Phi) is 2.89. The van der Waals surface area contributed by atoms with Crippen LogP contribution in [0.1, 0.15) is 67.2 Å². The minimum Gasteiger partial charge on any atom is -0.340 e. The third kappa shape index (κ3) is 1.59. The molecule has 2 nitrogen and oxygen atoms in total. The summed E-state index contributed by atoms with van der Waals surface area (Å²) in [6.45, 7) is 14.0. The molecule has 0 N–H and O–H groups in total. The molecule has 0 aromatic heterocycles. The van der Waals surface area contributed by atoms with Crippen LogP contribution in [0.15, 0.2) is 12.2 Å². The lowest BCUT2D eigenvalue weighted by molar-refractivity contribution is -0.158. The molecule has 3 aliphatic carbocycles. The normalized spacial score (nSPS) is 59.0. The van der Waals surface area contributed by atoms with Gasteiger partial charge in [-0.25, -0.2) is 0 Å². The maximum Gasteiger partial charge on any atom is 0.186 e. The third-order valence-electron chi connectivity index (χ3n) is 8.11. The molecule has 3 saturated carbocycles. The molecule has 1 aliphatic heterocycles. The predicted octanol–water partition coefficient (Wildman–Crippen LogP) is 4.94. The Hall–Kier alpha value is -0.340. The average molecular weight is 304 g/mol. The predicted molar refractivity (Wildman–Crippen MR) is 88.4 cm³/mol. The Morgan fingerprint density at radius 3 is 2.41 bits per heavy atom. The summed E-state index contributed by atoms with van der Waals surface area (Å²) in [6, 6.07) is 0. The van der Waals surface area contributed by atoms with Crippen LogP contribution in [0.4, 0.5) is 0 Å². The van der Waals surface area contributed by atoms with Crippen LogP contribution < -0.4 is 0 Å². The molecule has 2 bridgehead atoms. The maximum absolute atomic E-state index is 6.63. The molecule has 4 fully saturated rings. The molecule has 1 saturated heterocycles. The van der Waals surface area contributed by atoms with Gasteiger partial charge in [-0.3, -0.25) is 0 Å². The molecule has 2 heteroatoms. The third-order valence-corrected chi connectivity index (χ3v) is 8.11. The van der Waals surface area contributed by atoms with E-state index in [1.807, 2.05) is 6.92 Å². The van der Waals surface area contributed by atoms with E-state index in [1.165, 1.54) is 25.7 Å². The van der Waals surface area contributed by atoms with Crippen molar-refractivity contribution in [3.05, 3.63) is 12.2 Å². The van der Waals surface area contributed by atoms with Gasteiger partial charge in [-0.15, -0.1) is 0 Å². The molecule has 124 valence electrons. The molecule has 0 radical (unpaired) electrons. The molecule has 22 heavy (non-hydrogen) atoms. The zero-order valence-electron chi connectivity index (χ0n) is 15.1. The van der Waals surface area contributed by atoms with E-state index < -0.39 is 5.79 Å². The second-order valence-electron chi connectivity index (χ2n) is 9.45. The highest BCUT2D eigenvalue weighted by molar-refractivity contribution is 5.22. The quantitative estimate of drug-likeness (QED) is 0.639. The van der Waals surface area contributed by atoms with E-state index in [9.17, 15) is 0 Å². The van der Waals surface area contributed by atoms with Gasteiger partial charge >= 0.3 is 0 Å². The van der Waals surface area contributed by atoms with E-state index in [-0.39, 0.29) is 11.7 Å². The molecule has 4 aliphatic rings. The van der Waals surface area contributed by atoms with Crippen molar-refractivity contribution in [2.45, 2.75) is 84.7 Å². The number of hydrogen-bond acceptors (Lipinski definition) is 2. The van der Waals surface area contributed by atoms with Gasteiger partial charge in [-0.2, -0.15) is 0 Å². The largest absolute Gasteiger partial charge is 0.340 e. The van der Waals surface area contributed by atoms with E-state index in [0.29, 0.717) is 16.7 Å². The molecular formula is C20H32O2. The summed E-state index contributed by atoms with van der Waals surface area (Å²) < 4.78 is 13.1. The van der Waals surface area contributed by atoms with Gasteiger partial charge in [0.1, 0.15) is 0 Å². The van der Waals surface area contributed by atoms with Gasteiger partial charge in [0, 0.05) is 0 Å². The van der Waals surface area contributed by atoms with E-state index in [4.69, 9.17) is 9.47 Å². The molecule has 4 rings (SSSR count). The molecule has 1 spiro atoms. The first kappa shape index (κ1) is 15.2. The first-order valence-corrected chi connectivity index (χ1v) is 9.20. The van der Waals surface area contributed by atoms with Gasteiger partial charge in [0.15, 0.2) is 5.79 Å². The minimum absolute atomic E-state index is 0.132. The number of allylic oxidation sites excluding steroid dienone is 1. The Morgan fingerprint density at radius 1 is 1.00 bits per heavy atom. The first-order valence-electron chi connectivity index (χ1n) is 9.20. The van der Waals surface area contributed by atoms with Crippen molar-refractivity contribution in [1.29, 1.82) is 0 Å². The zero-order valence-corrected chi connectivity index (χ0v) is 15.1. The van der Waals surface area contributed by atoms with Gasteiger partial charge in [0.2, 0.25) is 0 Å². The van der Waals surface area contributed by atoms with Gasteiger partial charge < -0.3 is 9.47 Å². The monoisotopic (exact) mass is 304 g/mol. The zero-order chi connectivity index (χ0) is 16.0. The fraction of sp³-hybridized carbons (Fsp3) is 0.900. The second kappa shape index (κ2) is 4.19. The van der Waals surface area contributed by atoms with Crippen molar-refractivity contribution in [3.8, 4) is 0 Å². The number of rotatable bonds is 1. The second-order valence-corrected chi connectivity index (χ2v) is 9.45. The molecule has 7 atom stereocenters. The van der Waals surface area contributed by atoms with Crippen LogP contribution in [0, 0.1) is 28.6 Å². The van der Waals surface area contributed by atoms with Crippen LogP contribution in [0.25, 0.3) is 0 Å². The van der Waals surface area contributed by atoms with Crippen LogP contribution in [0.3, 0.4) is 0 Å². The highest BCUT2D eigenvalue weighted by atomic mass is 16.8. The maximum atomic E-state index is 6.63. The van der Waals surface area contributed by atoms with Crippen LogP contribution in [-0.2, 0) is 9.47 Å². The summed E-state index contributed by atoms with van der Waals surface area (Å²) in [5.74, 6) is 1.76. The lowest BCUT2D eigenvalue weighted by Crippen LogP contribution is -2.52. The highest BCUT2D eigenvalue weighted by Crippen LogP contribution is 2.75. The highest BCUT2D eigenvalue weighted by Gasteiger charge is 2.74. The van der Waals surface area contributed by atoms with Gasteiger partial charge in [0.05, 0.1) is 11.7 Å². The Bertz CT molecular complexity index is 524. The van der Waals surface area contributed by atoms with E-state index in [1.54, 1.807) is 0 Å². The van der Waals surface area contributed by atoms with E-state index >= 15 is 0 Å². The Labute approximate surface area is 135 Å². The first-order chi connectivity index (χ1) is 10.2. The van der Waals surface area contributed by atoms with Crippen LogP contribution in [0.5, 0.6) is 0 Å². The summed E-state index contributed by atoms with van der Waals surface area (Å²) in [4.78, 5) is 0. The summed E-state index contributed by atoms with van der Waals surface area (Å²) in [5.41, 5.74) is 0.731. The minimum atomic E-state index is -0.539. The van der Waals surface area contributed by atoms with Gasteiger partial charge in [-0.05, 0) is 81.1 Å². The molecule has 0 amide bonds. The summed E-state index contributed by atoms with van der Waals surface area (Å²) >= 11 is 0. The fourth-order valence-corrected chi connectivity index (χ4v) is 7.23. The molecule has 0 aromatic rings. The molecule has 0 aromatic carbocycles. The summed E-state index contributed by atoms with van der Waals surface area (Å²) in [6.07, 6.45) is 9.73. The lowest BCUT2D eigenvalue weighted by Gasteiger charge is -2.47. The van der Waals surface area contributed by atoms with Gasteiger partial charge in [0.25, 0.3) is 0 Å². The Balaban J connectivity index is 1.78. The van der Waals surface area contributed by atoms with Gasteiger partial charge in [-0.1, -0.05) is 26.8 Å². The number of fused-ring (bicyclic) bond motifs is 3. The van der Waals surface area contributed by atoms with Crippen molar-refractivity contribution >= 4 is 0 Å². The average Bonchev–Trinajstić information content (AvgIpc) is 2.92. The van der Waals surface area contributed by atoms with Crippen molar-refractivity contribution in [2.75, 3.05) is 0 Å². The van der Waals surface area contributed by atoms with Crippen LogP contribution in [-0.4, -0.2) is 17.5 Å². The smallest absolute Gasteiger partial charge is 0.186 e. The SMILES string of the molecule is C/C=C\C1(C)O[C@H]2C[C@@]34C[C@H](C(C)(C)[C@@H]3CC[C@H]4C)[C@@]2(C)O1. The van der Waals surface area contributed by atoms with Crippen molar-refractivity contribution in [2.24, 2.45) is 28.6 Å². The summed E-state index contributed by atoms with van der Waals surface area (Å²) in [5, 5.41) is 0. The van der Waals surface area contributed by atoms with E-state index in [2.05, 4.69) is 46.8 Å². The molecule has 1 heterocycles. The summed E-state index contributed by atoms with van der Waals surface area (Å²) in [7, 11) is 0. The van der Waals surface area contributed by atoms with Crippen LogP contribution in [0.2, 0.25) is 0 Å². The van der Waals surface area contributed by atoms with Crippen molar-refractivity contribution in [1.82, 2.24) is 0 Å². The van der Waals surface area contributed by atoms with E-state index in [0.717, 1.165) is 11.8 Å². The van der Waals surface area contributed by atoms with Crippen molar-refractivity contribution in [3.63, 3.8) is 0 Å². The number of ether oxygens (including phenoxy) is 2. The molecular weight excluding hydrogens is 272 g/mol.